The van der Waals surface area contributed by atoms with Gasteiger partial charge in [-0.2, -0.15) is 0 Å². The summed E-state index contributed by atoms with van der Waals surface area (Å²) >= 11 is 0. The molecule has 2 aromatic heterocycles. The van der Waals surface area contributed by atoms with Crippen LogP contribution < -0.4 is 0 Å². The second-order valence-corrected chi connectivity index (χ2v) is 14.5. The number of carbonyl (C=O) groups is 2. The van der Waals surface area contributed by atoms with Gasteiger partial charge in [-0.05, 0) is 88.5 Å². The van der Waals surface area contributed by atoms with Crippen molar-refractivity contribution in [2.75, 3.05) is 13.2 Å². The molecule has 7 nitrogen and oxygen atoms in total. The molecule has 0 aliphatic heterocycles. The fourth-order valence-corrected chi connectivity index (χ4v) is 6.66. The zero-order valence-corrected chi connectivity index (χ0v) is 32.9. The minimum absolute atomic E-state index is 0.0913. The molecular weight excluding hydrogens is 628 g/mol. The van der Waals surface area contributed by atoms with E-state index in [0.29, 0.717) is 12.8 Å². The van der Waals surface area contributed by atoms with Gasteiger partial charge in [-0.3, -0.25) is 9.59 Å². The fraction of sp³-hybridized carbons (Fsp3) is 0.767. The van der Waals surface area contributed by atoms with Crippen LogP contribution in [0.25, 0.3) is 0 Å². The molecule has 0 radical (unpaired) electrons. The first-order chi connectivity index (χ1) is 24.2. The Balaban J connectivity index is 1.42. The predicted molar refractivity (Wildman–Crippen MR) is 203 cm³/mol. The molecule has 0 aliphatic rings. The van der Waals surface area contributed by atoms with E-state index >= 15 is 0 Å². The van der Waals surface area contributed by atoms with Crippen molar-refractivity contribution in [3.05, 3.63) is 45.3 Å². The Morgan fingerprint density at radius 3 is 1.32 bits per heavy atom. The zero-order valence-electron chi connectivity index (χ0n) is 32.9. The summed E-state index contributed by atoms with van der Waals surface area (Å²) in [5.74, 6) is 4.03. The third-order valence-electron chi connectivity index (χ3n) is 10.3. The highest BCUT2D eigenvalue weighted by Crippen LogP contribution is 2.26. The maximum Gasteiger partial charge on any atom is 0.306 e. The van der Waals surface area contributed by atoms with Gasteiger partial charge in [-0.25, -0.2) is 0 Å². The molecule has 0 saturated heterocycles. The SMILES string of the molecule is CCCCCc1oc(CCCCCCCCCCC(=O)O[C@@H](CO)COC(=O)CCCCCCCCc2oc(CCC)c(C)c2C)c(C)c1C. The molecule has 286 valence electrons. The number of aliphatic hydroxyl groups is 1. The number of aliphatic hydroxyl groups excluding tert-OH is 1. The normalized spacial score (nSPS) is 12.1. The molecule has 0 spiro atoms. The van der Waals surface area contributed by atoms with Crippen molar-refractivity contribution in [3.63, 3.8) is 0 Å². The first kappa shape index (κ1) is 43.6. The number of unbranched alkanes of at least 4 members (excludes halogenated alkanes) is 14. The average Bonchev–Trinajstić information content (AvgIpc) is 3.53. The number of furan rings is 2. The number of carbonyl (C=O) groups excluding carboxylic acids is 2. The van der Waals surface area contributed by atoms with Gasteiger partial charge in [0.25, 0.3) is 0 Å². The number of ether oxygens (including phenoxy) is 2. The third kappa shape index (κ3) is 17.1. The predicted octanol–water partition coefficient (Wildman–Crippen LogP) is 11.3. The van der Waals surface area contributed by atoms with Crippen LogP contribution in [0.5, 0.6) is 0 Å². The second-order valence-electron chi connectivity index (χ2n) is 14.5. The van der Waals surface area contributed by atoms with Crippen molar-refractivity contribution >= 4 is 11.9 Å². The minimum Gasteiger partial charge on any atom is -0.466 e. The molecular formula is C43H72O7. The lowest BCUT2D eigenvalue weighted by molar-refractivity contribution is -0.161. The zero-order chi connectivity index (χ0) is 36.6. The van der Waals surface area contributed by atoms with Gasteiger partial charge in [0.2, 0.25) is 0 Å². The van der Waals surface area contributed by atoms with Gasteiger partial charge in [0.05, 0.1) is 6.61 Å². The van der Waals surface area contributed by atoms with E-state index in [1.54, 1.807) is 0 Å². The third-order valence-corrected chi connectivity index (χ3v) is 10.3. The lowest BCUT2D eigenvalue weighted by Gasteiger charge is -2.15. The maximum absolute atomic E-state index is 12.3. The molecule has 2 aromatic rings. The van der Waals surface area contributed by atoms with Crippen LogP contribution in [0.15, 0.2) is 8.83 Å². The molecule has 0 aromatic carbocycles. The molecule has 0 fully saturated rings. The molecule has 1 N–H and O–H groups in total. The Kier molecular flexibility index (Phi) is 22.9. The van der Waals surface area contributed by atoms with Crippen LogP contribution in [-0.4, -0.2) is 36.4 Å². The summed E-state index contributed by atoms with van der Waals surface area (Å²) in [6, 6.07) is 0. The second kappa shape index (κ2) is 26.3. The van der Waals surface area contributed by atoms with Gasteiger partial charge in [0, 0.05) is 38.5 Å². The molecule has 0 bridgehead atoms. The van der Waals surface area contributed by atoms with Gasteiger partial charge in [0.1, 0.15) is 29.6 Å². The van der Waals surface area contributed by atoms with Crippen LogP contribution in [0.4, 0.5) is 0 Å². The monoisotopic (exact) mass is 701 g/mol. The molecule has 50 heavy (non-hydrogen) atoms. The number of hydrogen-bond acceptors (Lipinski definition) is 7. The van der Waals surface area contributed by atoms with Crippen LogP contribution in [0.3, 0.4) is 0 Å². The summed E-state index contributed by atoms with van der Waals surface area (Å²) in [4.78, 5) is 24.4. The molecule has 0 saturated carbocycles. The molecule has 0 aliphatic carbocycles. The van der Waals surface area contributed by atoms with Crippen molar-refractivity contribution in [1.29, 1.82) is 0 Å². The van der Waals surface area contributed by atoms with Crippen LogP contribution >= 0.6 is 0 Å². The van der Waals surface area contributed by atoms with Crippen LogP contribution in [0.2, 0.25) is 0 Å². The number of aryl methyl sites for hydroxylation is 4. The van der Waals surface area contributed by atoms with E-state index in [0.717, 1.165) is 101 Å². The van der Waals surface area contributed by atoms with Crippen molar-refractivity contribution in [1.82, 2.24) is 0 Å². The number of esters is 2. The van der Waals surface area contributed by atoms with Gasteiger partial charge in [-0.1, -0.05) is 90.9 Å². The van der Waals surface area contributed by atoms with Crippen LogP contribution in [-0.2, 0) is 44.7 Å². The minimum atomic E-state index is -0.799. The maximum atomic E-state index is 12.3. The van der Waals surface area contributed by atoms with E-state index in [9.17, 15) is 14.7 Å². The van der Waals surface area contributed by atoms with Gasteiger partial charge in [0.15, 0.2) is 6.10 Å². The first-order valence-corrected chi connectivity index (χ1v) is 20.3. The topological polar surface area (TPSA) is 99.1 Å². The Labute approximate surface area is 304 Å². The summed E-state index contributed by atoms with van der Waals surface area (Å²) < 4.78 is 23.0. The average molecular weight is 701 g/mol. The fourth-order valence-electron chi connectivity index (χ4n) is 6.66. The Morgan fingerprint density at radius 2 is 0.900 bits per heavy atom. The summed E-state index contributed by atoms with van der Waals surface area (Å²) in [6.45, 7) is 12.7. The van der Waals surface area contributed by atoms with Crippen LogP contribution in [0, 0.1) is 27.7 Å². The molecule has 0 unspecified atom stereocenters. The quantitative estimate of drug-likeness (QED) is 0.0639. The largest absolute Gasteiger partial charge is 0.466 e. The van der Waals surface area contributed by atoms with Crippen LogP contribution in [0.1, 0.15) is 188 Å². The molecule has 2 rings (SSSR count). The van der Waals surface area contributed by atoms with Crippen molar-refractivity contribution in [2.24, 2.45) is 0 Å². The van der Waals surface area contributed by atoms with E-state index in [-0.39, 0.29) is 25.2 Å². The number of hydrogen-bond donors (Lipinski definition) is 1. The van der Waals surface area contributed by atoms with Gasteiger partial charge >= 0.3 is 11.9 Å². The highest BCUT2D eigenvalue weighted by molar-refractivity contribution is 5.70. The molecule has 0 amide bonds. The molecule has 1 atom stereocenters. The summed E-state index contributed by atoms with van der Waals surface area (Å²) in [6.07, 6.45) is 23.9. The lowest BCUT2D eigenvalue weighted by Crippen LogP contribution is -2.28. The summed E-state index contributed by atoms with van der Waals surface area (Å²) in [5, 5.41) is 9.61. The van der Waals surface area contributed by atoms with E-state index in [1.165, 1.54) is 85.1 Å². The Bertz CT molecular complexity index is 1210. The molecule has 7 heteroatoms. The highest BCUT2D eigenvalue weighted by atomic mass is 16.6. The Hall–Kier alpha value is -2.54. The van der Waals surface area contributed by atoms with E-state index in [1.807, 2.05) is 0 Å². The van der Waals surface area contributed by atoms with Crippen molar-refractivity contribution in [2.45, 2.75) is 202 Å². The smallest absolute Gasteiger partial charge is 0.306 e. The van der Waals surface area contributed by atoms with Gasteiger partial charge in [-0.15, -0.1) is 0 Å². The van der Waals surface area contributed by atoms with Crippen molar-refractivity contribution in [3.8, 4) is 0 Å². The highest BCUT2D eigenvalue weighted by Gasteiger charge is 2.17. The van der Waals surface area contributed by atoms with Crippen molar-refractivity contribution < 1.29 is 33.0 Å². The van der Waals surface area contributed by atoms with E-state index in [2.05, 4.69) is 41.5 Å². The Morgan fingerprint density at radius 1 is 0.520 bits per heavy atom. The standard InChI is InChI=1S/C43H72O7/c1-7-9-20-26-39-35(5)36(6)41(50-39)28-21-16-12-10-11-13-19-24-30-43(46)48-37(31-44)32-47-42(45)29-23-18-15-14-17-22-27-40-34(4)33(3)38(49-40)25-8-2/h37,44H,7-32H2,1-6H3/t37-/m0/s1. The number of rotatable bonds is 30. The lowest BCUT2D eigenvalue weighted by atomic mass is 10.0. The molecule has 2 heterocycles. The summed E-state index contributed by atoms with van der Waals surface area (Å²) in [5.41, 5.74) is 5.32. The summed E-state index contributed by atoms with van der Waals surface area (Å²) in [7, 11) is 0. The first-order valence-electron chi connectivity index (χ1n) is 20.3. The van der Waals surface area contributed by atoms with E-state index in [4.69, 9.17) is 18.3 Å². The van der Waals surface area contributed by atoms with E-state index < -0.39 is 6.10 Å². The van der Waals surface area contributed by atoms with Gasteiger partial charge < -0.3 is 23.4 Å².